The third-order valence-corrected chi connectivity index (χ3v) is 4.39. The summed E-state index contributed by atoms with van der Waals surface area (Å²) in [6, 6.07) is 0.754. The summed E-state index contributed by atoms with van der Waals surface area (Å²) >= 11 is 0. The zero-order chi connectivity index (χ0) is 24.9. The van der Waals surface area contributed by atoms with E-state index < -0.39 is 47.9 Å². The van der Waals surface area contributed by atoms with E-state index in [9.17, 15) is 4.79 Å². The van der Waals surface area contributed by atoms with Crippen LogP contribution in [0.3, 0.4) is 0 Å². The fourth-order valence-corrected chi connectivity index (χ4v) is 2.79. The van der Waals surface area contributed by atoms with Gasteiger partial charge in [0.1, 0.15) is 5.82 Å². The van der Waals surface area contributed by atoms with Gasteiger partial charge in [-0.3, -0.25) is 14.8 Å². The average Bonchev–Trinajstić information content (AvgIpc) is 3.09. The molecule has 0 atom stereocenters. The minimum absolute atomic E-state index is 0.283. The lowest BCUT2D eigenvalue weighted by molar-refractivity contribution is 0.0992. The van der Waals surface area contributed by atoms with E-state index in [1.807, 2.05) is 24.6 Å². The Bertz CT molecular complexity index is 1430. The Morgan fingerprint density at radius 3 is 2.63 bits per heavy atom. The highest BCUT2D eigenvalue weighted by Crippen LogP contribution is 2.23. The van der Waals surface area contributed by atoms with Crippen molar-refractivity contribution in [3.63, 3.8) is 0 Å². The molecule has 0 fully saturated rings. The molecule has 0 unspecified atom stereocenters. The van der Waals surface area contributed by atoms with E-state index >= 15 is 0 Å². The normalized spacial score (nSPS) is 15.3. The number of imidazole rings is 1. The number of carbonyl (C=O) groups excluding carboxylic acids is 1. The van der Waals surface area contributed by atoms with Crippen molar-refractivity contribution < 1.29 is 14.4 Å². The van der Waals surface area contributed by atoms with Gasteiger partial charge in [-0.25, -0.2) is 4.98 Å². The van der Waals surface area contributed by atoms with Crippen molar-refractivity contribution in [2.24, 2.45) is 7.05 Å². The summed E-state index contributed by atoms with van der Waals surface area (Å²) in [7, 11) is 1.90. The van der Waals surface area contributed by atoms with Crippen LogP contribution in [0.1, 0.15) is 37.0 Å². The first kappa shape index (κ1) is 10.7. The number of aryl methyl sites for hydroxylation is 1. The molecule has 0 spiro atoms. The molecule has 1 aromatic carbocycles. The van der Waals surface area contributed by atoms with Gasteiger partial charge in [0.25, 0.3) is 0 Å². The SMILES string of the molecule is [2H]c1c([2H])c(C([2H])([2H])[2H])c([2H])c([2H])c1C(=O)Cc1cc2cc(-c3cnc(C)n3C)cnc2cn1. The fraction of sp³-hybridized carbons (Fsp3) is 0.182. The van der Waals surface area contributed by atoms with Crippen molar-refractivity contribution in [2.75, 3.05) is 0 Å². The predicted octanol–water partition coefficient (Wildman–Crippen LogP) is 4.07. The lowest BCUT2D eigenvalue weighted by Crippen LogP contribution is -2.05. The Balaban J connectivity index is 1.72. The van der Waals surface area contributed by atoms with Crippen LogP contribution in [0.25, 0.3) is 22.2 Å². The van der Waals surface area contributed by atoms with E-state index in [1.165, 1.54) is 6.20 Å². The third-order valence-electron chi connectivity index (χ3n) is 4.39. The molecule has 0 aliphatic rings. The highest BCUT2D eigenvalue weighted by atomic mass is 16.1. The van der Waals surface area contributed by atoms with Crippen LogP contribution in [0, 0.1) is 13.8 Å². The second-order valence-electron chi connectivity index (χ2n) is 6.19. The number of fused-ring (bicyclic) bond motifs is 1. The van der Waals surface area contributed by atoms with Crippen LogP contribution in [0.15, 0.2) is 54.9 Å². The van der Waals surface area contributed by atoms with E-state index in [0.717, 1.165) is 22.5 Å². The Morgan fingerprint density at radius 2 is 1.93 bits per heavy atom. The van der Waals surface area contributed by atoms with Crippen LogP contribution in [0.5, 0.6) is 0 Å². The molecule has 3 heterocycles. The smallest absolute Gasteiger partial charge is 0.168 e. The zero-order valence-corrected chi connectivity index (χ0v) is 14.8. The first-order chi connectivity index (χ1) is 15.9. The van der Waals surface area contributed by atoms with Crippen LogP contribution < -0.4 is 0 Å². The van der Waals surface area contributed by atoms with Crippen molar-refractivity contribution >= 4 is 16.7 Å². The summed E-state index contributed by atoms with van der Waals surface area (Å²) in [5.41, 5.74) is 1.52. The molecule has 0 bridgehead atoms. The lowest BCUT2D eigenvalue weighted by Gasteiger charge is -2.07. The molecule has 0 N–H and O–H groups in total. The Labute approximate surface area is 167 Å². The molecule has 0 aliphatic carbocycles. The first-order valence-electron chi connectivity index (χ1n) is 11.8. The van der Waals surface area contributed by atoms with Gasteiger partial charge in [-0.15, -0.1) is 0 Å². The maximum Gasteiger partial charge on any atom is 0.168 e. The molecule has 4 aromatic rings. The number of pyridine rings is 2. The van der Waals surface area contributed by atoms with Gasteiger partial charge in [0, 0.05) is 39.6 Å². The number of benzene rings is 1. The minimum Gasteiger partial charge on any atom is -0.331 e. The van der Waals surface area contributed by atoms with Crippen molar-refractivity contribution in [1.82, 2.24) is 19.5 Å². The van der Waals surface area contributed by atoms with Gasteiger partial charge in [-0.2, -0.15) is 0 Å². The van der Waals surface area contributed by atoms with E-state index in [1.54, 1.807) is 18.5 Å². The molecular weight excluding hydrogens is 336 g/mol. The van der Waals surface area contributed by atoms with Crippen LogP contribution in [-0.2, 0) is 13.5 Å². The van der Waals surface area contributed by atoms with Crippen LogP contribution in [0.4, 0.5) is 0 Å². The van der Waals surface area contributed by atoms with Gasteiger partial charge < -0.3 is 4.57 Å². The van der Waals surface area contributed by atoms with E-state index in [4.69, 9.17) is 9.60 Å². The quantitative estimate of drug-likeness (QED) is 0.513. The van der Waals surface area contributed by atoms with Crippen molar-refractivity contribution in [2.45, 2.75) is 20.2 Å². The van der Waals surface area contributed by atoms with Crippen LogP contribution in [0.2, 0.25) is 0 Å². The van der Waals surface area contributed by atoms with Crippen molar-refractivity contribution in [3.8, 4) is 11.3 Å². The van der Waals surface area contributed by atoms with E-state index in [0.29, 0.717) is 11.2 Å². The summed E-state index contributed by atoms with van der Waals surface area (Å²) in [5, 5.41) is 0.728. The molecule has 0 saturated heterocycles. The van der Waals surface area contributed by atoms with Crippen LogP contribution in [-0.4, -0.2) is 25.3 Å². The molecule has 0 aliphatic heterocycles. The molecule has 5 nitrogen and oxygen atoms in total. The number of hydrogen-bond donors (Lipinski definition) is 0. The second kappa shape index (κ2) is 6.76. The number of hydrogen-bond acceptors (Lipinski definition) is 4. The summed E-state index contributed by atoms with van der Waals surface area (Å²) in [6.45, 7) is -0.944. The summed E-state index contributed by atoms with van der Waals surface area (Å²) in [5.74, 6) is 0.160. The molecule has 0 radical (unpaired) electrons. The highest BCUT2D eigenvalue weighted by Gasteiger charge is 2.11. The lowest BCUT2D eigenvalue weighted by atomic mass is 10.0. The van der Waals surface area contributed by atoms with E-state index in [2.05, 4.69) is 15.0 Å². The van der Waals surface area contributed by atoms with Crippen LogP contribution >= 0.6 is 0 Å². The molecule has 0 saturated carbocycles. The fourth-order valence-electron chi connectivity index (χ4n) is 2.79. The maximum atomic E-state index is 13.0. The Morgan fingerprint density at radius 1 is 1.11 bits per heavy atom. The largest absolute Gasteiger partial charge is 0.331 e. The molecular formula is C22H20N4O. The topological polar surface area (TPSA) is 60.7 Å². The number of rotatable bonds is 4. The number of carbonyl (C=O) groups is 1. The molecule has 134 valence electrons. The highest BCUT2D eigenvalue weighted by molar-refractivity contribution is 5.97. The zero-order valence-electron chi connectivity index (χ0n) is 21.8. The van der Waals surface area contributed by atoms with Crippen molar-refractivity contribution in [3.05, 3.63) is 77.5 Å². The summed E-state index contributed by atoms with van der Waals surface area (Å²) in [6.07, 6.45) is 4.69. The standard InChI is InChI=1S/C22H20N4O/c1-14-4-6-16(7-5-14)22(27)10-19-9-17-8-18(11-25-20(17)12-24-19)21-13-23-15(2)26(21)3/h4-9,11-13H,10H2,1-3H3/i1D3,4D,5D,6D,7D. The third kappa shape index (κ3) is 3.36. The van der Waals surface area contributed by atoms with Gasteiger partial charge >= 0.3 is 0 Å². The molecule has 5 heteroatoms. The monoisotopic (exact) mass is 363 g/mol. The Kier molecular flexibility index (Phi) is 2.68. The second-order valence-corrected chi connectivity index (χ2v) is 6.19. The first-order valence-corrected chi connectivity index (χ1v) is 8.27. The number of Topliss-reactive ketones (excluding diaryl/α,β-unsaturated/α-hetero) is 1. The number of aromatic nitrogens is 4. The molecule has 27 heavy (non-hydrogen) atoms. The predicted molar refractivity (Wildman–Crippen MR) is 106 cm³/mol. The molecule has 4 rings (SSSR count). The summed E-state index contributed by atoms with van der Waals surface area (Å²) < 4.78 is 56.7. The number of ketones is 1. The Hall–Kier alpha value is -3.34. The maximum absolute atomic E-state index is 13.0. The van der Waals surface area contributed by atoms with Gasteiger partial charge in [-0.05, 0) is 25.9 Å². The molecule has 3 aromatic heterocycles. The average molecular weight is 363 g/mol. The van der Waals surface area contributed by atoms with Gasteiger partial charge in [0.15, 0.2) is 5.78 Å². The van der Waals surface area contributed by atoms with Crippen molar-refractivity contribution in [1.29, 1.82) is 0 Å². The molecule has 0 amide bonds. The van der Waals surface area contributed by atoms with Gasteiger partial charge in [-0.1, -0.05) is 29.7 Å². The minimum atomic E-state index is -2.83. The van der Waals surface area contributed by atoms with E-state index in [-0.39, 0.29) is 6.42 Å². The number of nitrogens with zero attached hydrogens (tertiary/aromatic N) is 4. The summed E-state index contributed by atoms with van der Waals surface area (Å²) in [4.78, 5) is 25.9. The van der Waals surface area contributed by atoms with Gasteiger partial charge in [0.2, 0.25) is 0 Å². The van der Waals surface area contributed by atoms with Gasteiger partial charge in [0.05, 0.1) is 35.5 Å².